The van der Waals surface area contributed by atoms with Gasteiger partial charge in [0.15, 0.2) is 16.6 Å². The summed E-state index contributed by atoms with van der Waals surface area (Å²) in [5.41, 5.74) is 5.16. The summed E-state index contributed by atoms with van der Waals surface area (Å²) in [7, 11) is 4.39. The highest BCUT2D eigenvalue weighted by Crippen LogP contribution is 2.38. The van der Waals surface area contributed by atoms with Gasteiger partial charge in [0.2, 0.25) is 11.7 Å². The predicted octanol–water partition coefficient (Wildman–Crippen LogP) is 0.758. The third kappa shape index (κ3) is 4.25. The van der Waals surface area contributed by atoms with E-state index in [-0.39, 0.29) is 22.5 Å². The normalized spacial score (nSPS) is 12.8. The number of hydrogen-bond acceptors (Lipinski definition) is 6. The van der Waals surface area contributed by atoms with Crippen LogP contribution in [-0.2, 0) is 4.79 Å². The number of rotatable bonds is 5. The van der Waals surface area contributed by atoms with Crippen molar-refractivity contribution >= 4 is 29.1 Å². The minimum atomic E-state index is -0.475. The standard InChI is InChI=1S/C15H19N3O5S/c1-21-10-6-9(7-11(22-2)12(10)23-3)14(20)17-18-15(24)16-13(19)8-4-5-8/h6-8H,4-5H2,1-3H3,(H,17,20)(H2,16,18,19,24). The van der Waals surface area contributed by atoms with Crippen LogP contribution in [0.1, 0.15) is 23.2 Å². The zero-order valence-electron chi connectivity index (χ0n) is 13.6. The lowest BCUT2D eigenvalue weighted by molar-refractivity contribution is -0.120. The highest BCUT2D eigenvalue weighted by molar-refractivity contribution is 7.80. The highest BCUT2D eigenvalue weighted by atomic mass is 32.1. The molecule has 0 atom stereocenters. The fourth-order valence-corrected chi connectivity index (χ4v) is 2.14. The van der Waals surface area contributed by atoms with Gasteiger partial charge in [-0.25, -0.2) is 0 Å². The fourth-order valence-electron chi connectivity index (χ4n) is 1.99. The van der Waals surface area contributed by atoms with E-state index in [1.807, 2.05) is 0 Å². The van der Waals surface area contributed by atoms with Crippen LogP contribution in [-0.4, -0.2) is 38.3 Å². The molecule has 0 aliphatic heterocycles. The van der Waals surface area contributed by atoms with Crippen LogP contribution in [0.4, 0.5) is 0 Å². The first-order chi connectivity index (χ1) is 11.5. The van der Waals surface area contributed by atoms with E-state index in [2.05, 4.69) is 16.2 Å². The molecule has 0 heterocycles. The smallest absolute Gasteiger partial charge is 0.269 e. The molecule has 1 fully saturated rings. The molecule has 1 aliphatic rings. The van der Waals surface area contributed by atoms with Crippen molar-refractivity contribution in [2.45, 2.75) is 12.8 Å². The fraction of sp³-hybridized carbons (Fsp3) is 0.400. The molecule has 0 unspecified atom stereocenters. The van der Waals surface area contributed by atoms with E-state index in [1.54, 1.807) is 0 Å². The molecule has 9 heteroatoms. The van der Waals surface area contributed by atoms with Crippen LogP contribution in [0.3, 0.4) is 0 Å². The molecule has 130 valence electrons. The van der Waals surface area contributed by atoms with Crippen molar-refractivity contribution in [1.29, 1.82) is 0 Å². The van der Waals surface area contributed by atoms with Gasteiger partial charge in [-0.2, -0.15) is 0 Å². The van der Waals surface area contributed by atoms with Gasteiger partial charge in [-0.05, 0) is 37.2 Å². The van der Waals surface area contributed by atoms with Crippen LogP contribution < -0.4 is 30.4 Å². The van der Waals surface area contributed by atoms with Gasteiger partial charge >= 0.3 is 0 Å². The third-order valence-corrected chi connectivity index (χ3v) is 3.61. The molecule has 1 aromatic rings. The monoisotopic (exact) mass is 353 g/mol. The maximum Gasteiger partial charge on any atom is 0.269 e. The Morgan fingerprint density at radius 3 is 2.08 bits per heavy atom. The molecule has 2 rings (SSSR count). The Morgan fingerprint density at radius 2 is 1.62 bits per heavy atom. The molecule has 2 amide bonds. The van der Waals surface area contributed by atoms with E-state index in [0.717, 1.165) is 12.8 Å². The van der Waals surface area contributed by atoms with E-state index < -0.39 is 5.91 Å². The summed E-state index contributed by atoms with van der Waals surface area (Å²) in [5.74, 6) is 0.498. The van der Waals surface area contributed by atoms with Gasteiger partial charge in [-0.1, -0.05) is 0 Å². The van der Waals surface area contributed by atoms with Crippen LogP contribution in [0.5, 0.6) is 17.2 Å². The Labute approximate surface area is 144 Å². The van der Waals surface area contributed by atoms with Gasteiger partial charge in [0.05, 0.1) is 21.3 Å². The molecule has 1 aromatic carbocycles. The molecule has 24 heavy (non-hydrogen) atoms. The molecular formula is C15H19N3O5S. The zero-order chi connectivity index (χ0) is 17.7. The molecule has 8 nitrogen and oxygen atoms in total. The third-order valence-electron chi connectivity index (χ3n) is 3.40. The maximum atomic E-state index is 12.2. The average molecular weight is 353 g/mol. The summed E-state index contributed by atoms with van der Waals surface area (Å²) in [6, 6.07) is 3.01. The van der Waals surface area contributed by atoms with Gasteiger partial charge in [0, 0.05) is 11.5 Å². The van der Waals surface area contributed by atoms with E-state index >= 15 is 0 Å². The summed E-state index contributed by atoms with van der Waals surface area (Å²) in [4.78, 5) is 23.8. The second-order valence-corrected chi connectivity index (χ2v) is 5.49. The Kier molecular flexibility index (Phi) is 5.80. The van der Waals surface area contributed by atoms with Gasteiger partial charge < -0.3 is 19.5 Å². The van der Waals surface area contributed by atoms with Crippen molar-refractivity contribution in [1.82, 2.24) is 16.2 Å². The number of benzene rings is 1. The van der Waals surface area contributed by atoms with E-state index in [9.17, 15) is 9.59 Å². The molecular weight excluding hydrogens is 334 g/mol. The van der Waals surface area contributed by atoms with Crippen LogP contribution in [0.2, 0.25) is 0 Å². The SMILES string of the molecule is COc1cc(C(=O)NNC(=S)NC(=O)C2CC2)cc(OC)c1OC. The van der Waals surface area contributed by atoms with Crippen molar-refractivity contribution in [3.8, 4) is 17.2 Å². The van der Waals surface area contributed by atoms with Gasteiger partial charge in [-0.3, -0.25) is 20.4 Å². The summed E-state index contributed by atoms with van der Waals surface area (Å²) in [6.45, 7) is 0. The summed E-state index contributed by atoms with van der Waals surface area (Å²) in [6.07, 6.45) is 1.73. The Balaban J connectivity index is 2.00. The Hall–Kier alpha value is -2.55. The van der Waals surface area contributed by atoms with E-state index in [1.165, 1.54) is 33.5 Å². The van der Waals surface area contributed by atoms with E-state index in [4.69, 9.17) is 26.4 Å². The van der Waals surface area contributed by atoms with Crippen molar-refractivity contribution in [3.05, 3.63) is 17.7 Å². The lowest BCUT2D eigenvalue weighted by Crippen LogP contribution is -2.48. The summed E-state index contributed by atoms with van der Waals surface area (Å²) >= 11 is 4.96. The molecule has 0 radical (unpaired) electrons. The van der Waals surface area contributed by atoms with Gasteiger partial charge in [-0.15, -0.1) is 0 Å². The number of thiocarbonyl (C=S) groups is 1. The van der Waals surface area contributed by atoms with Crippen molar-refractivity contribution in [2.24, 2.45) is 5.92 Å². The Bertz CT molecular complexity index is 636. The van der Waals surface area contributed by atoms with Crippen LogP contribution >= 0.6 is 12.2 Å². The minimum absolute atomic E-state index is 0.0237. The van der Waals surface area contributed by atoms with Crippen molar-refractivity contribution in [2.75, 3.05) is 21.3 Å². The van der Waals surface area contributed by atoms with Crippen LogP contribution in [0, 0.1) is 5.92 Å². The summed E-state index contributed by atoms with van der Waals surface area (Å²) in [5, 5.41) is 2.54. The topological polar surface area (TPSA) is 97.9 Å². The molecule has 0 saturated heterocycles. The zero-order valence-corrected chi connectivity index (χ0v) is 14.4. The largest absolute Gasteiger partial charge is 0.493 e. The molecule has 1 saturated carbocycles. The molecule has 3 N–H and O–H groups in total. The number of nitrogens with one attached hydrogen (secondary N) is 3. The first-order valence-corrected chi connectivity index (χ1v) is 7.62. The van der Waals surface area contributed by atoms with Gasteiger partial charge in [0.25, 0.3) is 5.91 Å². The Morgan fingerprint density at radius 1 is 1.04 bits per heavy atom. The average Bonchev–Trinajstić information content (AvgIpc) is 3.43. The molecule has 0 aromatic heterocycles. The lowest BCUT2D eigenvalue weighted by Gasteiger charge is -2.15. The summed E-state index contributed by atoms with van der Waals surface area (Å²) < 4.78 is 15.6. The lowest BCUT2D eigenvalue weighted by atomic mass is 10.1. The molecule has 0 bridgehead atoms. The minimum Gasteiger partial charge on any atom is -0.493 e. The van der Waals surface area contributed by atoms with Crippen LogP contribution in [0.25, 0.3) is 0 Å². The number of ether oxygens (including phenoxy) is 3. The van der Waals surface area contributed by atoms with Gasteiger partial charge in [0.1, 0.15) is 0 Å². The number of carbonyl (C=O) groups excluding carboxylic acids is 2. The number of amides is 2. The van der Waals surface area contributed by atoms with Crippen LogP contribution in [0.15, 0.2) is 12.1 Å². The van der Waals surface area contributed by atoms with Crippen molar-refractivity contribution < 1.29 is 23.8 Å². The molecule has 1 aliphatic carbocycles. The second-order valence-electron chi connectivity index (χ2n) is 5.09. The second kappa shape index (κ2) is 7.82. The number of hydrazine groups is 1. The quantitative estimate of drug-likeness (QED) is 0.531. The number of hydrogen-bond donors (Lipinski definition) is 3. The first-order valence-electron chi connectivity index (χ1n) is 7.21. The number of carbonyl (C=O) groups is 2. The highest BCUT2D eigenvalue weighted by Gasteiger charge is 2.30. The number of methoxy groups -OCH3 is 3. The predicted molar refractivity (Wildman–Crippen MR) is 90.2 cm³/mol. The van der Waals surface area contributed by atoms with Crippen molar-refractivity contribution in [3.63, 3.8) is 0 Å². The van der Waals surface area contributed by atoms with E-state index in [0.29, 0.717) is 17.2 Å². The molecule has 0 spiro atoms. The maximum absolute atomic E-state index is 12.2. The first kappa shape index (κ1) is 17.8.